The van der Waals surface area contributed by atoms with Crippen molar-refractivity contribution in [1.29, 1.82) is 0 Å². The summed E-state index contributed by atoms with van der Waals surface area (Å²) in [6.45, 7) is 0.498. The Bertz CT molecular complexity index is 805. The van der Waals surface area contributed by atoms with Crippen LogP contribution in [0.5, 0.6) is 0 Å². The number of nitrogens with zero attached hydrogens (tertiary/aromatic N) is 2. The minimum atomic E-state index is -0.614. The summed E-state index contributed by atoms with van der Waals surface area (Å²) in [6, 6.07) is 13.0. The molecule has 23 heavy (non-hydrogen) atoms. The zero-order valence-electron chi connectivity index (χ0n) is 12.3. The Kier molecular flexibility index (Phi) is 3.04. The van der Waals surface area contributed by atoms with Crippen LogP contribution in [0.15, 0.2) is 42.5 Å². The van der Waals surface area contributed by atoms with E-state index < -0.39 is 6.09 Å². The molecule has 4 rings (SSSR count). The number of amides is 3. The smallest absolute Gasteiger partial charge is 0.417 e. The van der Waals surface area contributed by atoms with Crippen LogP contribution in [0.3, 0.4) is 0 Å². The lowest BCUT2D eigenvalue weighted by atomic mass is 10.0. The number of rotatable bonds is 2. The maximum atomic E-state index is 12.7. The SMILES string of the molecule is O=C(c1cccc2ccccc12)N1CC(N2C(=O)COC2=O)C1. The summed E-state index contributed by atoms with van der Waals surface area (Å²) >= 11 is 0. The van der Waals surface area contributed by atoms with E-state index in [1.807, 2.05) is 36.4 Å². The van der Waals surface area contributed by atoms with Crippen molar-refractivity contribution < 1.29 is 19.1 Å². The van der Waals surface area contributed by atoms with E-state index in [4.69, 9.17) is 4.74 Å². The number of fused-ring (bicyclic) bond motifs is 1. The molecule has 0 N–H and O–H groups in total. The van der Waals surface area contributed by atoms with E-state index in [0.717, 1.165) is 15.7 Å². The molecule has 0 unspecified atom stereocenters. The van der Waals surface area contributed by atoms with Gasteiger partial charge in [0.2, 0.25) is 0 Å². The number of likely N-dealkylation sites (tertiary alicyclic amines) is 1. The highest BCUT2D eigenvalue weighted by atomic mass is 16.6. The largest absolute Gasteiger partial charge is 0.439 e. The van der Waals surface area contributed by atoms with Crippen LogP contribution >= 0.6 is 0 Å². The second-order valence-corrected chi connectivity index (χ2v) is 5.71. The van der Waals surface area contributed by atoms with Gasteiger partial charge in [0.25, 0.3) is 11.8 Å². The van der Waals surface area contributed by atoms with Crippen molar-refractivity contribution in [2.45, 2.75) is 6.04 Å². The first kappa shape index (κ1) is 13.8. The highest BCUT2D eigenvalue weighted by Crippen LogP contribution is 2.25. The first-order valence-electron chi connectivity index (χ1n) is 7.41. The predicted molar refractivity (Wildman–Crippen MR) is 81.8 cm³/mol. The highest BCUT2D eigenvalue weighted by Gasteiger charge is 2.44. The van der Waals surface area contributed by atoms with Crippen LogP contribution in [0.4, 0.5) is 4.79 Å². The molecule has 2 aliphatic rings. The molecular weight excluding hydrogens is 296 g/mol. The Balaban J connectivity index is 1.53. The van der Waals surface area contributed by atoms with Crippen LogP contribution in [0, 0.1) is 0 Å². The molecule has 2 aromatic carbocycles. The van der Waals surface area contributed by atoms with Gasteiger partial charge in [0.05, 0.1) is 6.04 Å². The molecule has 0 spiro atoms. The van der Waals surface area contributed by atoms with Crippen molar-refractivity contribution in [3.8, 4) is 0 Å². The van der Waals surface area contributed by atoms with Gasteiger partial charge in [0.15, 0.2) is 6.61 Å². The van der Waals surface area contributed by atoms with Gasteiger partial charge >= 0.3 is 6.09 Å². The van der Waals surface area contributed by atoms with Crippen molar-refractivity contribution in [2.24, 2.45) is 0 Å². The minimum absolute atomic E-state index is 0.0851. The summed E-state index contributed by atoms with van der Waals surface area (Å²) in [5.74, 6) is -0.421. The number of carbonyl (C=O) groups excluding carboxylic acids is 3. The van der Waals surface area contributed by atoms with E-state index in [1.54, 1.807) is 11.0 Å². The van der Waals surface area contributed by atoms with Gasteiger partial charge in [0, 0.05) is 18.7 Å². The lowest BCUT2D eigenvalue weighted by molar-refractivity contribution is -0.129. The Morgan fingerprint density at radius 3 is 2.52 bits per heavy atom. The predicted octanol–water partition coefficient (Wildman–Crippen LogP) is 1.64. The monoisotopic (exact) mass is 310 g/mol. The number of imide groups is 1. The van der Waals surface area contributed by atoms with E-state index >= 15 is 0 Å². The van der Waals surface area contributed by atoms with Crippen LogP contribution in [0.2, 0.25) is 0 Å². The number of benzene rings is 2. The van der Waals surface area contributed by atoms with E-state index in [-0.39, 0.29) is 24.5 Å². The fraction of sp³-hybridized carbons (Fsp3) is 0.235. The number of hydrogen-bond acceptors (Lipinski definition) is 4. The van der Waals surface area contributed by atoms with E-state index in [0.29, 0.717) is 18.7 Å². The van der Waals surface area contributed by atoms with Gasteiger partial charge in [-0.3, -0.25) is 9.59 Å². The van der Waals surface area contributed by atoms with Gasteiger partial charge in [-0.2, -0.15) is 0 Å². The molecule has 0 aromatic heterocycles. The fourth-order valence-electron chi connectivity index (χ4n) is 3.08. The molecule has 2 aliphatic heterocycles. The molecule has 0 radical (unpaired) electrons. The third-order valence-corrected chi connectivity index (χ3v) is 4.32. The summed E-state index contributed by atoms with van der Waals surface area (Å²) < 4.78 is 4.71. The molecule has 6 nitrogen and oxygen atoms in total. The van der Waals surface area contributed by atoms with Crippen molar-refractivity contribution in [2.75, 3.05) is 19.7 Å². The maximum Gasteiger partial charge on any atom is 0.417 e. The second-order valence-electron chi connectivity index (χ2n) is 5.71. The van der Waals surface area contributed by atoms with Crippen LogP contribution in [-0.2, 0) is 9.53 Å². The number of hydrogen-bond donors (Lipinski definition) is 0. The summed E-state index contributed by atoms with van der Waals surface area (Å²) in [6.07, 6.45) is -0.614. The number of ether oxygens (including phenoxy) is 1. The summed E-state index contributed by atoms with van der Waals surface area (Å²) in [5, 5.41) is 1.91. The van der Waals surface area contributed by atoms with Crippen molar-refractivity contribution >= 4 is 28.7 Å². The first-order valence-corrected chi connectivity index (χ1v) is 7.41. The quantitative estimate of drug-likeness (QED) is 0.846. The lowest BCUT2D eigenvalue weighted by Crippen LogP contribution is -2.62. The summed E-state index contributed by atoms with van der Waals surface area (Å²) in [7, 11) is 0. The zero-order valence-corrected chi connectivity index (χ0v) is 12.3. The molecule has 6 heteroatoms. The molecule has 0 atom stereocenters. The molecule has 0 bridgehead atoms. The van der Waals surface area contributed by atoms with E-state index in [1.165, 1.54) is 0 Å². The van der Waals surface area contributed by atoms with Crippen molar-refractivity contribution in [3.63, 3.8) is 0 Å². The summed E-state index contributed by atoms with van der Waals surface area (Å²) in [5.41, 5.74) is 0.636. The Hall–Kier alpha value is -2.89. The van der Waals surface area contributed by atoms with Gasteiger partial charge in [-0.05, 0) is 16.8 Å². The van der Waals surface area contributed by atoms with Crippen molar-refractivity contribution in [1.82, 2.24) is 9.80 Å². The maximum absolute atomic E-state index is 12.7. The standard InChI is InChI=1S/C17H14N2O4/c20-15-10-23-17(22)19(15)12-8-18(9-12)16(21)14-7-3-5-11-4-1-2-6-13(11)14/h1-7,12H,8-10H2. The second kappa shape index (κ2) is 5.08. The Morgan fingerprint density at radius 2 is 1.78 bits per heavy atom. The highest BCUT2D eigenvalue weighted by molar-refractivity contribution is 6.07. The molecule has 2 fully saturated rings. The normalized spacial score (nSPS) is 18.3. The first-order chi connectivity index (χ1) is 11.1. The van der Waals surface area contributed by atoms with Crippen LogP contribution < -0.4 is 0 Å². The van der Waals surface area contributed by atoms with Gasteiger partial charge < -0.3 is 9.64 Å². The van der Waals surface area contributed by atoms with Crippen molar-refractivity contribution in [3.05, 3.63) is 48.0 Å². The van der Waals surface area contributed by atoms with Gasteiger partial charge in [0.1, 0.15) is 0 Å². The summed E-state index contributed by atoms with van der Waals surface area (Å²) in [4.78, 5) is 38.6. The molecule has 0 saturated carbocycles. The average molecular weight is 310 g/mol. The molecule has 3 amide bonds. The van der Waals surface area contributed by atoms with E-state index in [9.17, 15) is 14.4 Å². The topological polar surface area (TPSA) is 66.9 Å². The third-order valence-electron chi connectivity index (χ3n) is 4.32. The van der Waals surface area contributed by atoms with Crippen LogP contribution in [0.1, 0.15) is 10.4 Å². The number of cyclic esters (lactones) is 1. The van der Waals surface area contributed by atoms with Crippen LogP contribution in [0.25, 0.3) is 10.8 Å². The fourth-order valence-corrected chi connectivity index (χ4v) is 3.08. The van der Waals surface area contributed by atoms with Gasteiger partial charge in [-0.15, -0.1) is 0 Å². The number of carbonyl (C=O) groups is 3. The molecule has 2 heterocycles. The molecule has 116 valence electrons. The van der Waals surface area contributed by atoms with E-state index in [2.05, 4.69) is 0 Å². The van der Waals surface area contributed by atoms with Gasteiger partial charge in [-0.1, -0.05) is 36.4 Å². The zero-order chi connectivity index (χ0) is 16.0. The third kappa shape index (κ3) is 2.14. The molecule has 0 aliphatic carbocycles. The van der Waals surface area contributed by atoms with Crippen LogP contribution in [-0.4, -0.2) is 53.4 Å². The van der Waals surface area contributed by atoms with Gasteiger partial charge in [-0.25, -0.2) is 9.69 Å². The molecule has 2 aromatic rings. The molecule has 2 saturated heterocycles. The lowest BCUT2D eigenvalue weighted by Gasteiger charge is -2.42. The Morgan fingerprint density at radius 1 is 1.04 bits per heavy atom. The molecular formula is C17H14N2O4. The minimum Gasteiger partial charge on any atom is -0.439 e. The average Bonchev–Trinajstić information content (AvgIpc) is 2.85. The Labute approximate surface area is 132 Å².